The average Bonchev–Trinajstić information content (AvgIpc) is 2.84. The van der Waals surface area contributed by atoms with E-state index in [0.29, 0.717) is 12.8 Å². The van der Waals surface area contributed by atoms with E-state index in [1.807, 2.05) is 0 Å². The molecule has 0 aliphatic rings. The first-order chi connectivity index (χ1) is 16.7. The third-order valence-electron chi connectivity index (χ3n) is 7.33. The lowest BCUT2D eigenvalue weighted by Crippen LogP contribution is -2.13. The third-order valence-corrected chi connectivity index (χ3v) is 7.33. The lowest BCUT2D eigenvalue weighted by Gasteiger charge is -2.04. The van der Waals surface area contributed by atoms with E-state index in [0.717, 1.165) is 25.7 Å². The second-order valence-corrected chi connectivity index (χ2v) is 10.8. The van der Waals surface area contributed by atoms with Crippen LogP contribution >= 0.6 is 0 Å². The molecule has 0 amide bonds. The molecule has 0 N–H and O–H groups in total. The van der Waals surface area contributed by atoms with E-state index in [1.54, 1.807) is 0 Å². The molecule has 0 aromatic heterocycles. The maximum absolute atomic E-state index is 12.0. The maximum Gasteiger partial charge on any atom is 0.198 e. The zero-order valence-electron chi connectivity index (χ0n) is 23.6. The van der Waals surface area contributed by atoms with Crippen LogP contribution in [0.2, 0.25) is 0 Å². The lowest BCUT2D eigenvalue weighted by atomic mass is 10.0. The van der Waals surface area contributed by atoms with Crippen molar-refractivity contribution < 1.29 is 9.59 Å². The van der Waals surface area contributed by atoms with Gasteiger partial charge in [0.05, 0.1) is 0 Å². The van der Waals surface area contributed by atoms with Gasteiger partial charge in [-0.3, -0.25) is 9.59 Å². The second kappa shape index (κ2) is 28.6. The summed E-state index contributed by atoms with van der Waals surface area (Å²) in [6.07, 6.45) is 34.9. The Morgan fingerprint density at radius 2 is 0.471 bits per heavy atom. The van der Waals surface area contributed by atoms with E-state index >= 15 is 0 Å². The SMILES string of the molecule is CCCCCCCCCCCCCCCCCC(=O)C(=O)CCCCCCCCCCCCC. The molecule has 0 unspecified atom stereocenters. The van der Waals surface area contributed by atoms with Crippen LogP contribution in [0, 0.1) is 0 Å². The zero-order valence-corrected chi connectivity index (χ0v) is 23.6. The standard InChI is InChI=1S/C32H62O2/c1-3-5-7-9-11-13-15-16-17-18-20-22-24-26-28-30-32(34)31(33)29-27-25-23-21-19-14-12-10-8-6-4-2/h3-30H2,1-2H3. The molecule has 0 aromatic carbocycles. The Hall–Kier alpha value is -0.660. The molecule has 0 spiro atoms. The fourth-order valence-corrected chi connectivity index (χ4v) is 4.89. The number of Topliss-reactive ketones (excluding diaryl/α,β-unsaturated/α-hetero) is 2. The van der Waals surface area contributed by atoms with E-state index < -0.39 is 0 Å². The summed E-state index contributed by atoms with van der Waals surface area (Å²) < 4.78 is 0. The predicted octanol–water partition coefficient (Wildman–Crippen LogP) is 11.1. The van der Waals surface area contributed by atoms with Gasteiger partial charge in [-0.2, -0.15) is 0 Å². The van der Waals surface area contributed by atoms with E-state index in [-0.39, 0.29) is 11.6 Å². The molecular weight excluding hydrogens is 416 g/mol. The van der Waals surface area contributed by atoms with E-state index in [2.05, 4.69) is 13.8 Å². The van der Waals surface area contributed by atoms with Crippen LogP contribution in [0.25, 0.3) is 0 Å². The molecule has 0 aliphatic heterocycles. The Kier molecular flexibility index (Phi) is 28.0. The van der Waals surface area contributed by atoms with Crippen LogP contribution in [0.5, 0.6) is 0 Å². The Bertz CT molecular complexity index is 429. The van der Waals surface area contributed by atoms with Crippen molar-refractivity contribution in [3.8, 4) is 0 Å². The van der Waals surface area contributed by atoms with Gasteiger partial charge in [-0.1, -0.05) is 168 Å². The maximum atomic E-state index is 12.0. The third kappa shape index (κ3) is 26.0. The minimum Gasteiger partial charge on any atom is -0.291 e. The lowest BCUT2D eigenvalue weighted by molar-refractivity contribution is -0.136. The number of unbranched alkanes of at least 4 members (excludes halogenated alkanes) is 24. The zero-order chi connectivity index (χ0) is 25.0. The van der Waals surface area contributed by atoms with Gasteiger partial charge in [0, 0.05) is 12.8 Å². The molecule has 2 heteroatoms. The van der Waals surface area contributed by atoms with Gasteiger partial charge in [0.15, 0.2) is 11.6 Å². The number of rotatable bonds is 29. The van der Waals surface area contributed by atoms with E-state index in [1.165, 1.54) is 141 Å². The average molecular weight is 479 g/mol. The molecule has 0 aromatic rings. The molecule has 0 rings (SSSR count). The fraction of sp³-hybridized carbons (Fsp3) is 0.938. The molecular formula is C32H62O2. The number of hydrogen-bond acceptors (Lipinski definition) is 2. The number of carbonyl (C=O) groups is 2. The minimum atomic E-state index is -0.110. The first-order valence-electron chi connectivity index (χ1n) is 15.8. The summed E-state index contributed by atoms with van der Waals surface area (Å²) in [5.41, 5.74) is 0. The highest BCUT2D eigenvalue weighted by Gasteiger charge is 2.12. The van der Waals surface area contributed by atoms with Gasteiger partial charge in [0.1, 0.15) is 0 Å². The summed E-state index contributed by atoms with van der Waals surface area (Å²) in [7, 11) is 0. The Labute approximate surface area is 214 Å². The summed E-state index contributed by atoms with van der Waals surface area (Å²) in [5.74, 6) is -0.219. The second-order valence-electron chi connectivity index (χ2n) is 10.8. The van der Waals surface area contributed by atoms with E-state index in [9.17, 15) is 9.59 Å². The smallest absolute Gasteiger partial charge is 0.198 e. The minimum absolute atomic E-state index is 0.109. The first kappa shape index (κ1) is 33.3. The van der Waals surface area contributed by atoms with Crippen molar-refractivity contribution in [1.29, 1.82) is 0 Å². The van der Waals surface area contributed by atoms with Crippen molar-refractivity contribution in [2.24, 2.45) is 0 Å². The molecule has 0 bridgehead atoms. The fourth-order valence-electron chi connectivity index (χ4n) is 4.89. The highest BCUT2D eigenvalue weighted by atomic mass is 16.2. The number of ketones is 2. The van der Waals surface area contributed by atoms with Crippen molar-refractivity contribution >= 4 is 11.6 Å². The monoisotopic (exact) mass is 478 g/mol. The van der Waals surface area contributed by atoms with Gasteiger partial charge < -0.3 is 0 Å². The van der Waals surface area contributed by atoms with Crippen LogP contribution in [0.3, 0.4) is 0 Å². The molecule has 0 saturated carbocycles. The number of carbonyl (C=O) groups excluding carboxylic acids is 2. The molecule has 0 atom stereocenters. The summed E-state index contributed by atoms with van der Waals surface area (Å²) in [6, 6.07) is 0. The van der Waals surface area contributed by atoms with E-state index in [4.69, 9.17) is 0 Å². The Morgan fingerprint density at radius 3 is 0.676 bits per heavy atom. The molecule has 202 valence electrons. The highest BCUT2D eigenvalue weighted by molar-refractivity contribution is 6.37. The van der Waals surface area contributed by atoms with Gasteiger partial charge in [0.25, 0.3) is 0 Å². The van der Waals surface area contributed by atoms with Crippen LogP contribution in [0.15, 0.2) is 0 Å². The Balaban J connectivity index is 3.29. The highest BCUT2D eigenvalue weighted by Crippen LogP contribution is 2.15. The molecule has 0 radical (unpaired) electrons. The Morgan fingerprint density at radius 1 is 0.294 bits per heavy atom. The quantitative estimate of drug-likeness (QED) is 0.0791. The van der Waals surface area contributed by atoms with Crippen molar-refractivity contribution in [2.45, 2.75) is 194 Å². The van der Waals surface area contributed by atoms with Gasteiger partial charge in [0.2, 0.25) is 0 Å². The molecule has 2 nitrogen and oxygen atoms in total. The summed E-state index contributed by atoms with van der Waals surface area (Å²) in [4.78, 5) is 24.1. The van der Waals surface area contributed by atoms with Crippen LogP contribution < -0.4 is 0 Å². The van der Waals surface area contributed by atoms with Crippen molar-refractivity contribution in [2.75, 3.05) is 0 Å². The molecule has 34 heavy (non-hydrogen) atoms. The largest absolute Gasteiger partial charge is 0.291 e. The molecule has 0 fully saturated rings. The van der Waals surface area contributed by atoms with Crippen molar-refractivity contribution in [3.63, 3.8) is 0 Å². The van der Waals surface area contributed by atoms with Crippen LogP contribution in [-0.2, 0) is 9.59 Å². The number of hydrogen-bond donors (Lipinski definition) is 0. The van der Waals surface area contributed by atoms with Crippen molar-refractivity contribution in [1.82, 2.24) is 0 Å². The van der Waals surface area contributed by atoms with Gasteiger partial charge in [-0.25, -0.2) is 0 Å². The van der Waals surface area contributed by atoms with Crippen LogP contribution in [0.1, 0.15) is 194 Å². The van der Waals surface area contributed by atoms with Gasteiger partial charge in [-0.05, 0) is 12.8 Å². The predicted molar refractivity (Wildman–Crippen MR) is 151 cm³/mol. The summed E-state index contributed by atoms with van der Waals surface area (Å²) in [6.45, 7) is 4.54. The van der Waals surface area contributed by atoms with Gasteiger partial charge >= 0.3 is 0 Å². The topological polar surface area (TPSA) is 34.1 Å². The summed E-state index contributed by atoms with van der Waals surface area (Å²) in [5, 5.41) is 0. The van der Waals surface area contributed by atoms with Crippen LogP contribution in [0.4, 0.5) is 0 Å². The van der Waals surface area contributed by atoms with Crippen molar-refractivity contribution in [3.05, 3.63) is 0 Å². The normalized spacial score (nSPS) is 11.2. The summed E-state index contributed by atoms with van der Waals surface area (Å²) >= 11 is 0. The molecule has 0 aliphatic carbocycles. The first-order valence-corrected chi connectivity index (χ1v) is 15.8. The molecule has 0 saturated heterocycles. The van der Waals surface area contributed by atoms with Crippen LogP contribution in [-0.4, -0.2) is 11.6 Å². The molecule has 0 heterocycles. The van der Waals surface area contributed by atoms with Gasteiger partial charge in [-0.15, -0.1) is 0 Å².